The van der Waals surface area contributed by atoms with E-state index in [1.807, 2.05) is 18.2 Å². The summed E-state index contributed by atoms with van der Waals surface area (Å²) in [6, 6.07) is 13.5. The highest BCUT2D eigenvalue weighted by Gasteiger charge is 2.40. The fourth-order valence-electron chi connectivity index (χ4n) is 4.46. The van der Waals surface area contributed by atoms with Crippen LogP contribution in [0, 0.1) is 0 Å². The van der Waals surface area contributed by atoms with Gasteiger partial charge in [0, 0.05) is 30.0 Å². The summed E-state index contributed by atoms with van der Waals surface area (Å²) in [5.41, 5.74) is 2.07. The smallest absolute Gasteiger partial charge is 0.449 e. The third-order valence-electron chi connectivity index (χ3n) is 6.02. The van der Waals surface area contributed by atoms with Crippen LogP contribution < -0.4 is 4.74 Å². The highest BCUT2D eigenvalue weighted by molar-refractivity contribution is 5.98. The van der Waals surface area contributed by atoms with Gasteiger partial charge in [0.25, 0.3) is 5.91 Å². The number of methoxy groups -OCH3 is 1. The molecule has 0 saturated carbocycles. The monoisotopic (exact) mass is 442 g/mol. The molecule has 0 atom stereocenters. The van der Waals surface area contributed by atoms with Gasteiger partial charge in [-0.25, -0.2) is 4.98 Å². The second-order valence-electron chi connectivity index (χ2n) is 7.95. The second-order valence-corrected chi connectivity index (χ2v) is 7.95. The fourth-order valence-corrected chi connectivity index (χ4v) is 4.46. The number of hydrogen-bond acceptors (Lipinski definition) is 3. The second kappa shape index (κ2) is 7.58. The summed E-state index contributed by atoms with van der Waals surface area (Å²) >= 11 is 0. The molecule has 1 N–H and O–H groups in total. The van der Waals surface area contributed by atoms with Crippen LogP contribution in [-0.4, -0.2) is 45.5 Å². The van der Waals surface area contributed by atoms with E-state index in [0.717, 1.165) is 10.9 Å². The van der Waals surface area contributed by atoms with E-state index in [9.17, 15) is 18.0 Å². The molecule has 1 amide bonds. The number of hydrogen-bond donors (Lipinski definition) is 1. The number of nitrogens with one attached hydrogen (secondary N) is 1. The summed E-state index contributed by atoms with van der Waals surface area (Å²) in [4.78, 5) is 21.7. The molecule has 0 unspecified atom stereocenters. The highest BCUT2D eigenvalue weighted by Crippen LogP contribution is 2.37. The molecule has 5 rings (SSSR count). The van der Waals surface area contributed by atoms with Gasteiger partial charge in [-0.3, -0.25) is 4.79 Å². The average Bonchev–Trinajstić information content (AvgIpc) is 3.40. The number of piperidine rings is 1. The van der Waals surface area contributed by atoms with Gasteiger partial charge < -0.3 is 19.2 Å². The number of aromatic amines is 1. The minimum Gasteiger partial charge on any atom is -0.497 e. The highest BCUT2D eigenvalue weighted by atomic mass is 19.4. The number of para-hydroxylation sites is 2. The Morgan fingerprint density at radius 2 is 1.88 bits per heavy atom. The first-order valence-electron chi connectivity index (χ1n) is 10.4. The van der Waals surface area contributed by atoms with E-state index in [-0.39, 0.29) is 11.9 Å². The third-order valence-corrected chi connectivity index (χ3v) is 6.02. The molecule has 4 aromatic rings. The van der Waals surface area contributed by atoms with E-state index < -0.39 is 12.0 Å². The van der Waals surface area contributed by atoms with Crippen LogP contribution in [0.5, 0.6) is 5.75 Å². The number of alkyl halides is 3. The van der Waals surface area contributed by atoms with Gasteiger partial charge in [0.15, 0.2) is 0 Å². The van der Waals surface area contributed by atoms with Gasteiger partial charge in [-0.05, 0) is 49.2 Å². The topological polar surface area (TPSA) is 63.2 Å². The van der Waals surface area contributed by atoms with Crippen molar-refractivity contribution in [2.75, 3.05) is 20.2 Å². The Labute approximate surface area is 181 Å². The predicted molar refractivity (Wildman–Crippen MR) is 114 cm³/mol. The lowest BCUT2D eigenvalue weighted by atomic mass is 10.0. The third kappa shape index (κ3) is 3.47. The van der Waals surface area contributed by atoms with E-state index >= 15 is 0 Å². The summed E-state index contributed by atoms with van der Waals surface area (Å²) in [5, 5.41) is 0.863. The number of nitrogens with zero attached hydrogens (tertiary/aromatic N) is 3. The van der Waals surface area contributed by atoms with Crippen molar-refractivity contribution >= 4 is 27.8 Å². The van der Waals surface area contributed by atoms with E-state index in [2.05, 4.69) is 9.97 Å². The Balaban J connectivity index is 1.37. The molecule has 32 heavy (non-hydrogen) atoms. The van der Waals surface area contributed by atoms with Gasteiger partial charge in [-0.15, -0.1) is 0 Å². The first-order chi connectivity index (χ1) is 15.3. The predicted octanol–water partition coefficient (Wildman–Crippen LogP) is 5.02. The van der Waals surface area contributed by atoms with Crippen LogP contribution in [0.25, 0.3) is 21.9 Å². The molecule has 0 spiro atoms. The number of halogens is 3. The number of fused-ring (bicyclic) bond motifs is 2. The summed E-state index contributed by atoms with van der Waals surface area (Å²) in [6.45, 7) is 0.734. The molecule has 9 heteroatoms. The van der Waals surface area contributed by atoms with Crippen molar-refractivity contribution in [3.05, 3.63) is 60.0 Å². The lowest BCUT2D eigenvalue weighted by Gasteiger charge is -2.33. The number of carbonyl (C=O) groups is 1. The zero-order valence-corrected chi connectivity index (χ0v) is 17.3. The lowest BCUT2D eigenvalue weighted by molar-refractivity contribution is -0.147. The molecule has 0 aliphatic carbocycles. The fraction of sp³-hybridized carbons (Fsp3) is 0.304. The zero-order valence-electron chi connectivity index (χ0n) is 17.3. The Kier molecular flexibility index (Phi) is 4.83. The first-order valence-corrected chi connectivity index (χ1v) is 10.4. The standard InChI is InChI=1S/C23H21F3N4O2/c1-32-16-6-7-17-14(12-16)13-19(27-17)21(31)29-10-8-15(9-11-29)30-20-5-3-2-4-18(20)28-22(30)23(24,25)26/h2-7,12-13,15,27H,8-11H2,1H3. The molecule has 2 aromatic heterocycles. The van der Waals surface area contributed by atoms with Crippen LogP contribution in [0.1, 0.15) is 35.2 Å². The minimum atomic E-state index is -4.54. The van der Waals surface area contributed by atoms with Crippen molar-refractivity contribution in [2.45, 2.75) is 25.1 Å². The van der Waals surface area contributed by atoms with Crippen LogP contribution in [0.15, 0.2) is 48.5 Å². The average molecular weight is 442 g/mol. The van der Waals surface area contributed by atoms with Crippen molar-refractivity contribution in [2.24, 2.45) is 0 Å². The zero-order chi connectivity index (χ0) is 22.5. The number of benzene rings is 2. The van der Waals surface area contributed by atoms with E-state index in [0.29, 0.717) is 48.4 Å². The van der Waals surface area contributed by atoms with E-state index in [1.54, 1.807) is 42.3 Å². The number of H-pyrrole nitrogens is 1. The number of amides is 1. The molecule has 6 nitrogen and oxygen atoms in total. The number of carbonyl (C=O) groups excluding carboxylic acids is 1. The Morgan fingerprint density at radius 3 is 2.59 bits per heavy atom. The molecule has 0 bridgehead atoms. The summed E-state index contributed by atoms with van der Waals surface area (Å²) in [6.07, 6.45) is -3.70. The van der Waals surface area contributed by atoms with E-state index in [1.165, 1.54) is 4.57 Å². The molecule has 1 aliphatic heterocycles. The van der Waals surface area contributed by atoms with Gasteiger partial charge in [-0.2, -0.15) is 13.2 Å². The lowest BCUT2D eigenvalue weighted by Crippen LogP contribution is -2.39. The van der Waals surface area contributed by atoms with Crippen molar-refractivity contribution in [3.63, 3.8) is 0 Å². The van der Waals surface area contributed by atoms with Gasteiger partial charge in [0.1, 0.15) is 11.4 Å². The maximum Gasteiger partial charge on any atom is 0.449 e. The minimum absolute atomic E-state index is 0.162. The van der Waals surface area contributed by atoms with Crippen molar-refractivity contribution in [1.29, 1.82) is 0 Å². The van der Waals surface area contributed by atoms with Crippen LogP contribution in [0.2, 0.25) is 0 Å². The number of likely N-dealkylation sites (tertiary alicyclic amines) is 1. The van der Waals surface area contributed by atoms with Crippen molar-refractivity contribution in [3.8, 4) is 5.75 Å². The number of rotatable bonds is 3. The first kappa shape index (κ1) is 20.4. The summed E-state index contributed by atoms with van der Waals surface area (Å²) in [7, 11) is 1.58. The maximum absolute atomic E-state index is 13.7. The maximum atomic E-state index is 13.7. The Hall–Kier alpha value is -3.49. The van der Waals surface area contributed by atoms with Crippen molar-refractivity contribution in [1.82, 2.24) is 19.4 Å². The molecule has 0 radical (unpaired) electrons. The van der Waals surface area contributed by atoms with Crippen LogP contribution in [0.3, 0.4) is 0 Å². The van der Waals surface area contributed by atoms with E-state index in [4.69, 9.17) is 4.74 Å². The molecule has 2 aromatic carbocycles. The molecule has 166 valence electrons. The van der Waals surface area contributed by atoms with Gasteiger partial charge in [-0.1, -0.05) is 12.1 Å². The Morgan fingerprint density at radius 1 is 1.12 bits per heavy atom. The SMILES string of the molecule is COc1ccc2[nH]c(C(=O)N3CCC(n4c(C(F)(F)F)nc5ccccc54)CC3)cc2c1. The molecule has 3 heterocycles. The molecule has 1 aliphatic rings. The number of imidazole rings is 1. The molecular formula is C23H21F3N4O2. The number of ether oxygens (including phenoxy) is 1. The van der Waals surface area contributed by atoms with Crippen LogP contribution in [0.4, 0.5) is 13.2 Å². The summed E-state index contributed by atoms with van der Waals surface area (Å²) < 4.78 is 47.5. The van der Waals surface area contributed by atoms with Gasteiger partial charge in [0.2, 0.25) is 5.82 Å². The quantitative estimate of drug-likeness (QED) is 0.485. The largest absolute Gasteiger partial charge is 0.497 e. The van der Waals surface area contributed by atoms with Gasteiger partial charge in [0.05, 0.1) is 18.1 Å². The van der Waals surface area contributed by atoms with Crippen LogP contribution >= 0.6 is 0 Å². The number of aromatic nitrogens is 3. The van der Waals surface area contributed by atoms with Crippen LogP contribution in [-0.2, 0) is 6.18 Å². The summed E-state index contributed by atoms with van der Waals surface area (Å²) in [5.74, 6) is -0.345. The molecule has 1 fully saturated rings. The normalized spacial score (nSPS) is 15.6. The molecular weight excluding hydrogens is 421 g/mol. The Bertz CT molecular complexity index is 1300. The molecule has 1 saturated heterocycles. The van der Waals surface area contributed by atoms with Crippen molar-refractivity contribution < 1.29 is 22.7 Å². The van der Waals surface area contributed by atoms with Gasteiger partial charge >= 0.3 is 6.18 Å².